The van der Waals surface area contributed by atoms with E-state index in [0.717, 1.165) is 16.1 Å². The van der Waals surface area contributed by atoms with Crippen molar-refractivity contribution in [3.8, 4) is 0 Å². The molecule has 1 aliphatic heterocycles. The summed E-state index contributed by atoms with van der Waals surface area (Å²) in [6.07, 6.45) is -0.695. The van der Waals surface area contributed by atoms with E-state index in [1.54, 1.807) is 13.1 Å². The van der Waals surface area contributed by atoms with E-state index >= 15 is 0 Å². The molecule has 5 heteroatoms. The number of thioether (sulfide) groups is 1. The highest BCUT2D eigenvalue weighted by Crippen LogP contribution is 2.32. The lowest BCUT2D eigenvalue weighted by Crippen LogP contribution is -2.20. The van der Waals surface area contributed by atoms with E-state index in [-0.39, 0.29) is 5.91 Å². The minimum Gasteiger partial charge on any atom is -0.374 e. The number of hydrogen-bond donors (Lipinski definition) is 3. The van der Waals surface area contributed by atoms with Crippen molar-refractivity contribution in [2.75, 3.05) is 18.1 Å². The van der Waals surface area contributed by atoms with Crippen LogP contribution in [0.15, 0.2) is 23.1 Å². The average molecular weight is 224 g/mol. The number of nitrogens with one attached hydrogen (secondary N) is 2. The van der Waals surface area contributed by atoms with Gasteiger partial charge in [-0.2, -0.15) is 0 Å². The molecule has 0 radical (unpaired) electrons. The summed E-state index contributed by atoms with van der Waals surface area (Å²) in [5.41, 5.74) is 1.53. The van der Waals surface area contributed by atoms with Crippen LogP contribution in [0.1, 0.15) is 11.8 Å². The van der Waals surface area contributed by atoms with Gasteiger partial charge >= 0.3 is 0 Å². The molecule has 1 atom stereocenters. The molecule has 0 fully saturated rings. The lowest BCUT2D eigenvalue weighted by Gasteiger charge is -2.18. The maximum Gasteiger partial charge on any atom is 0.234 e. The minimum absolute atomic E-state index is 0.00333. The van der Waals surface area contributed by atoms with Crippen LogP contribution in [0.3, 0.4) is 0 Å². The maximum absolute atomic E-state index is 11.2. The lowest BCUT2D eigenvalue weighted by atomic mass is 10.1. The number of amides is 1. The molecule has 80 valence electrons. The van der Waals surface area contributed by atoms with Gasteiger partial charge in [0.1, 0.15) is 6.23 Å². The van der Waals surface area contributed by atoms with Crippen LogP contribution < -0.4 is 10.6 Å². The number of aliphatic hydroxyl groups is 1. The zero-order valence-electron chi connectivity index (χ0n) is 8.28. The quantitative estimate of drug-likeness (QED) is 0.654. The van der Waals surface area contributed by atoms with Crippen LogP contribution in [0.2, 0.25) is 0 Å². The van der Waals surface area contributed by atoms with Crippen molar-refractivity contribution in [3.05, 3.63) is 23.8 Å². The third kappa shape index (κ3) is 2.14. The largest absolute Gasteiger partial charge is 0.374 e. The third-order valence-electron chi connectivity index (χ3n) is 2.23. The predicted octanol–water partition coefficient (Wildman–Crippen LogP) is 0.941. The van der Waals surface area contributed by atoms with Gasteiger partial charge in [-0.25, -0.2) is 0 Å². The van der Waals surface area contributed by atoms with E-state index in [2.05, 4.69) is 10.6 Å². The summed E-state index contributed by atoms with van der Waals surface area (Å²) in [4.78, 5) is 12.2. The molecule has 1 heterocycles. The van der Waals surface area contributed by atoms with Gasteiger partial charge in [0.2, 0.25) is 5.91 Å². The Morgan fingerprint density at radius 3 is 3.13 bits per heavy atom. The van der Waals surface area contributed by atoms with Gasteiger partial charge in [-0.05, 0) is 24.7 Å². The molecule has 1 aromatic carbocycles. The fourth-order valence-corrected chi connectivity index (χ4v) is 2.23. The molecule has 3 N–H and O–H groups in total. The van der Waals surface area contributed by atoms with Crippen molar-refractivity contribution in [1.82, 2.24) is 5.32 Å². The second-order valence-electron chi connectivity index (χ2n) is 3.28. The topological polar surface area (TPSA) is 61.4 Å². The molecule has 1 aliphatic rings. The van der Waals surface area contributed by atoms with Crippen molar-refractivity contribution >= 4 is 23.4 Å². The molecule has 0 aliphatic carbocycles. The first-order valence-corrected chi connectivity index (χ1v) is 5.61. The van der Waals surface area contributed by atoms with Crippen molar-refractivity contribution in [2.24, 2.45) is 0 Å². The lowest BCUT2D eigenvalue weighted by molar-refractivity contribution is -0.113. The summed E-state index contributed by atoms with van der Waals surface area (Å²) in [6.45, 7) is 0. The molecule has 1 aromatic rings. The van der Waals surface area contributed by atoms with E-state index in [9.17, 15) is 9.90 Å². The van der Waals surface area contributed by atoms with Crippen LogP contribution in [0.5, 0.6) is 0 Å². The summed E-state index contributed by atoms with van der Waals surface area (Å²) >= 11 is 1.51. The Balaban J connectivity index is 2.32. The molecule has 2 rings (SSSR count). The first-order valence-electron chi connectivity index (χ1n) is 4.62. The maximum atomic E-state index is 11.2. The zero-order valence-corrected chi connectivity index (χ0v) is 9.10. The number of anilines is 1. The van der Waals surface area contributed by atoms with Gasteiger partial charge < -0.3 is 10.4 Å². The second-order valence-corrected chi connectivity index (χ2v) is 4.30. The number of rotatable bonds is 2. The first kappa shape index (κ1) is 10.5. The Morgan fingerprint density at radius 2 is 2.40 bits per heavy atom. The number of fused-ring (bicyclic) bond motifs is 1. The number of aliphatic hydroxyl groups excluding tert-OH is 1. The molecular formula is C10H12N2O2S. The highest BCUT2D eigenvalue weighted by atomic mass is 32.2. The number of carbonyl (C=O) groups excluding carboxylic acids is 1. The molecular weight excluding hydrogens is 212 g/mol. The van der Waals surface area contributed by atoms with Crippen LogP contribution in [-0.2, 0) is 4.79 Å². The average Bonchev–Trinajstić information content (AvgIpc) is 2.27. The number of benzene rings is 1. The van der Waals surface area contributed by atoms with Gasteiger partial charge in [-0.15, -0.1) is 11.8 Å². The summed E-state index contributed by atoms with van der Waals surface area (Å²) < 4.78 is 0. The molecule has 1 amide bonds. The Labute approximate surface area is 92.1 Å². The highest BCUT2D eigenvalue weighted by molar-refractivity contribution is 8.00. The Kier molecular flexibility index (Phi) is 2.95. The highest BCUT2D eigenvalue weighted by Gasteiger charge is 2.16. The predicted molar refractivity (Wildman–Crippen MR) is 59.8 cm³/mol. The number of hydrogen-bond acceptors (Lipinski definition) is 4. The fourth-order valence-electron chi connectivity index (χ4n) is 1.44. The molecule has 0 bridgehead atoms. The first-order chi connectivity index (χ1) is 7.20. The van der Waals surface area contributed by atoms with Crippen LogP contribution in [-0.4, -0.2) is 23.8 Å². The molecule has 4 nitrogen and oxygen atoms in total. The van der Waals surface area contributed by atoms with Gasteiger partial charge in [-0.1, -0.05) is 6.07 Å². The van der Waals surface area contributed by atoms with Crippen LogP contribution in [0, 0.1) is 0 Å². The normalized spacial score (nSPS) is 16.8. The molecule has 0 saturated carbocycles. The Hall–Kier alpha value is -1.04. The van der Waals surface area contributed by atoms with Crippen molar-refractivity contribution in [1.29, 1.82) is 0 Å². The SMILES string of the molecule is CNC(O)c1ccc2c(c1)NC(=O)CS2. The van der Waals surface area contributed by atoms with Gasteiger partial charge in [0, 0.05) is 4.90 Å². The second kappa shape index (κ2) is 4.22. The van der Waals surface area contributed by atoms with Gasteiger partial charge in [0.05, 0.1) is 11.4 Å². The molecule has 0 saturated heterocycles. The van der Waals surface area contributed by atoms with Gasteiger partial charge in [-0.3, -0.25) is 10.1 Å². The van der Waals surface area contributed by atoms with E-state index in [1.807, 2.05) is 12.1 Å². The van der Waals surface area contributed by atoms with Crippen molar-refractivity contribution in [3.63, 3.8) is 0 Å². The van der Waals surface area contributed by atoms with Crippen molar-refractivity contribution in [2.45, 2.75) is 11.1 Å². The van der Waals surface area contributed by atoms with Crippen LogP contribution in [0.4, 0.5) is 5.69 Å². The summed E-state index contributed by atoms with van der Waals surface area (Å²) in [7, 11) is 1.68. The van der Waals surface area contributed by atoms with Gasteiger partial charge in [0.25, 0.3) is 0 Å². The fraction of sp³-hybridized carbons (Fsp3) is 0.300. The smallest absolute Gasteiger partial charge is 0.234 e. The zero-order chi connectivity index (χ0) is 10.8. The summed E-state index contributed by atoms with van der Waals surface area (Å²) in [6, 6.07) is 5.56. The van der Waals surface area contributed by atoms with E-state index in [0.29, 0.717) is 5.75 Å². The Bertz CT molecular complexity index is 395. The number of carbonyl (C=O) groups is 1. The molecule has 0 aromatic heterocycles. The van der Waals surface area contributed by atoms with E-state index < -0.39 is 6.23 Å². The molecule has 0 spiro atoms. The van der Waals surface area contributed by atoms with E-state index in [1.165, 1.54) is 11.8 Å². The molecule has 15 heavy (non-hydrogen) atoms. The van der Waals surface area contributed by atoms with Gasteiger partial charge in [0.15, 0.2) is 0 Å². The summed E-state index contributed by atoms with van der Waals surface area (Å²) in [5.74, 6) is 0.463. The van der Waals surface area contributed by atoms with E-state index in [4.69, 9.17) is 0 Å². The van der Waals surface area contributed by atoms with Crippen LogP contribution >= 0.6 is 11.8 Å². The van der Waals surface area contributed by atoms with Crippen molar-refractivity contribution < 1.29 is 9.90 Å². The summed E-state index contributed by atoms with van der Waals surface area (Å²) in [5, 5.41) is 15.1. The van der Waals surface area contributed by atoms with Crippen LogP contribution in [0.25, 0.3) is 0 Å². The standard InChI is InChI=1S/C10H12N2O2S/c1-11-10(14)6-2-3-8-7(4-6)12-9(13)5-15-8/h2-4,10-11,14H,5H2,1H3,(H,12,13). The Morgan fingerprint density at radius 1 is 1.60 bits per heavy atom. The third-order valence-corrected chi connectivity index (χ3v) is 3.30. The molecule has 1 unspecified atom stereocenters. The monoisotopic (exact) mass is 224 g/mol. The minimum atomic E-state index is -0.695.